The molecule has 2 aliphatic rings. The normalized spacial score (nSPS) is 20.1. The van der Waals surface area contributed by atoms with Gasteiger partial charge in [0.2, 0.25) is 5.91 Å². The summed E-state index contributed by atoms with van der Waals surface area (Å²) in [6.45, 7) is 3.09. The van der Waals surface area contributed by atoms with Crippen LogP contribution in [0, 0.1) is 0 Å². The molecule has 1 N–H and O–H groups in total. The van der Waals surface area contributed by atoms with Crippen molar-refractivity contribution in [2.45, 2.75) is 37.8 Å². The number of carbonyl (C=O) groups is 1. The molecule has 4 rings (SSSR count). The molecule has 0 saturated carbocycles. The molecule has 1 fully saturated rings. The first-order valence-corrected chi connectivity index (χ1v) is 9.46. The third-order valence-electron chi connectivity index (χ3n) is 5.35. The van der Waals surface area contributed by atoms with Gasteiger partial charge >= 0.3 is 0 Å². The van der Waals surface area contributed by atoms with Crippen LogP contribution in [-0.2, 0) is 11.3 Å². The van der Waals surface area contributed by atoms with Gasteiger partial charge in [-0.1, -0.05) is 24.3 Å². The van der Waals surface area contributed by atoms with Gasteiger partial charge in [0.25, 0.3) is 0 Å². The second kappa shape index (κ2) is 7.87. The summed E-state index contributed by atoms with van der Waals surface area (Å²) in [5.74, 6) is 0.928. The molecule has 1 atom stereocenters. The number of para-hydroxylation sites is 1. The van der Waals surface area contributed by atoms with E-state index in [0.717, 1.165) is 49.4 Å². The smallest absolute Gasteiger partial charge is 0.230 e. The van der Waals surface area contributed by atoms with Gasteiger partial charge < -0.3 is 15.0 Å². The molecule has 5 heteroatoms. The van der Waals surface area contributed by atoms with Crippen molar-refractivity contribution in [2.24, 2.45) is 0 Å². The molecule has 1 unspecified atom stereocenters. The quantitative estimate of drug-likeness (QED) is 0.920. The molecule has 0 spiro atoms. The van der Waals surface area contributed by atoms with E-state index in [1.54, 1.807) is 6.20 Å². The maximum Gasteiger partial charge on any atom is 0.230 e. The predicted molar refractivity (Wildman–Crippen MR) is 100.0 cm³/mol. The van der Waals surface area contributed by atoms with Crippen LogP contribution < -0.4 is 10.1 Å². The maximum absolute atomic E-state index is 13.6. The lowest BCUT2D eigenvalue weighted by molar-refractivity contribution is -0.137. The standard InChI is InChI=1S/C21H25N3O2/c25-21(19-10-14-26-20-7-2-1-6-18(19)20)24(17-8-12-22-13-9-17)15-16-5-3-4-11-23-16/h1-7,11,17,19,22H,8-10,12-15H2. The summed E-state index contributed by atoms with van der Waals surface area (Å²) in [5.41, 5.74) is 1.96. The fraction of sp³-hybridized carbons (Fsp3) is 0.429. The number of amides is 1. The van der Waals surface area contributed by atoms with Gasteiger partial charge in [-0.3, -0.25) is 9.78 Å². The minimum Gasteiger partial charge on any atom is -0.493 e. The van der Waals surface area contributed by atoms with Gasteiger partial charge in [-0.25, -0.2) is 0 Å². The molecule has 1 amide bonds. The minimum absolute atomic E-state index is 0.126. The van der Waals surface area contributed by atoms with Gasteiger partial charge in [-0.2, -0.15) is 0 Å². The molecular formula is C21H25N3O2. The van der Waals surface area contributed by atoms with Gasteiger partial charge in [0.05, 0.1) is 24.8 Å². The number of hydrogen-bond acceptors (Lipinski definition) is 4. The Hall–Kier alpha value is -2.40. The Labute approximate surface area is 154 Å². The van der Waals surface area contributed by atoms with Crippen molar-refractivity contribution >= 4 is 5.91 Å². The summed E-state index contributed by atoms with van der Waals surface area (Å²) in [6.07, 6.45) is 4.51. The highest BCUT2D eigenvalue weighted by atomic mass is 16.5. The van der Waals surface area contributed by atoms with Gasteiger partial charge in [-0.15, -0.1) is 0 Å². The van der Waals surface area contributed by atoms with Crippen LogP contribution in [0.3, 0.4) is 0 Å². The Kier molecular flexibility index (Phi) is 5.16. The Morgan fingerprint density at radius 1 is 1.12 bits per heavy atom. The molecule has 1 saturated heterocycles. The number of nitrogens with one attached hydrogen (secondary N) is 1. The zero-order chi connectivity index (χ0) is 17.8. The molecule has 0 bridgehead atoms. The van der Waals surface area contributed by atoms with E-state index in [9.17, 15) is 4.79 Å². The molecular weight excluding hydrogens is 326 g/mol. The van der Waals surface area contributed by atoms with Gasteiger partial charge in [0, 0.05) is 17.8 Å². The molecule has 0 radical (unpaired) electrons. The fourth-order valence-electron chi connectivity index (χ4n) is 3.97. The average Bonchev–Trinajstić information content (AvgIpc) is 2.72. The van der Waals surface area contributed by atoms with Crippen LogP contribution in [0.5, 0.6) is 5.75 Å². The van der Waals surface area contributed by atoms with E-state index in [-0.39, 0.29) is 17.9 Å². The van der Waals surface area contributed by atoms with E-state index in [1.807, 2.05) is 42.5 Å². The third-order valence-corrected chi connectivity index (χ3v) is 5.35. The summed E-state index contributed by atoms with van der Waals surface area (Å²) >= 11 is 0. The third kappa shape index (κ3) is 3.58. The number of pyridine rings is 1. The number of carbonyl (C=O) groups excluding carboxylic acids is 1. The molecule has 2 aliphatic heterocycles. The largest absolute Gasteiger partial charge is 0.493 e. The SMILES string of the molecule is O=C(C1CCOc2ccccc21)N(Cc1ccccn1)C1CCNCC1. The zero-order valence-electron chi connectivity index (χ0n) is 14.9. The van der Waals surface area contributed by atoms with Crippen LogP contribution in [0.2, 0.25) is 0 Å². The maximum atomic E-state index is 13.6. The highest BCUT2D eigenvalue weighted by Gasteiger charge is 2.34. The molecule has 2 aromatic rings. The van der Waals surface area contributed by atoms with Crippen molar-refractivity contribution in [2.75, 3.05) is 19.7 Å². The van der Waals surface area contributed by atoms with Crippen molar-refractivity contribution in [1.29, 1.82) is 0 Å². The first-order valence-electron chi connectivity index (χ1n) is 9.46. The van der Waals surface area contributed by atoms with Crippen LogP contribution in [0.4, 0.5) is 0 Å². The predicted octanol–water partition coefficient (Wildman–Crippen LogP) is 2.73. The van der Waals surface area contributed by atoms with Crippen LogP contribution in [0.1, 0.15) is 36.4 Å². The number of aromatic nitrogens is 1. The van der Waals surface area contributed by atoms with E-state index in [2.05, 4.69) is 15.2 Å². The molecule has 26 heavy (non-hydrogen) atoms. The Morgan fingerprint density at radius 2 is 1.92 bits per heavy atom. The average molecular weight is 351 g/mol. The van der Waals surface area contributed by atoms with Crippen molar-refractivity contribution < 1.29 is 9.53 Å². The summed E-state index contributed by atoms with van der Waals surface area (Å²) in [4.78, 5) is 20.1. The molecule has 1 aromatic carbocycles. The van der Waals surface area contributed by atoms with Crippen LogP contribution in [0.25, 0.3) is 0 Å². The Morgan fingerprint density at radius 3 is 2.73 bits per heavy atom. The number of benzene rings is 1. The lowest BCUT2D eigenvalue weighted by Crippen LogP contribution is -2.48. The summed E-state index contributed by atoms with van der Waals surface area (Å²) in [6, 6.07) is 14.1. The fourth-order valence-corrected chi connectivity index (χ4v) is 3.97. The Bertz CT molecular complexity index is 744. The molecule has 1 aromatic heterocycles. The lowest BCUT2D eigenvalue weighted by atomic mass is 9.90. The van der Waals surface area contributed by atoms with E-state index in [1.165, 1.54) is 0 Å². The number of ether oxygens (including phenoxy) is 1. The summed E-state index contributed by atoms with van der Waals surface area (Å²) < 4.78 is 5.75. The lowest BCUT2D eigenvalue weighted by Gasteiger charge is -2.38. The summed E-state index contributed by atoms with van der Waals surface area (Å²) in [5, 5.41) is 3.39. The zero-order valence-corrected chi connectivity index (χ0v) is 14.9. The Balaban J connectivity index is 1.61. The van der Waals surface area contributed by atoms with Crippen molar-refractivity contribution in [3.05, 3.63) is 59.9 Å². The van der Waals surface area contributed by atoms with Crippen LogP contribution in [-0.4, -0.2) is 41.5 Å². The van der Waals surface area contributed by atoms with Crippen molar-refractivity contribution in [1.82, 2.24) is 15.2 Å². The van der Waals surface area contributed by atoms with Crippen molar-refractivity contribution in [3.63, 3.8) is 0 Å². The highest BCUT2D eigenvalue weighted by molar-refractivity contribution is 5.85. The molecule has 3 heterocycles. The van der Waals surface area contributed by atoms with E-state index >= 15 is 0 Å². The summed E-state index contributed by atoms with van der Waals surface area (Å²) in [7, 11) is 0. The highest BCUT2D eigenvalue weighted by Crippen LogP contribution is 2.35. The topological polar surface area (TPSA) is 54.5 Å². The van der Waals surface area contributed by atoms with Gasteiger partial charge in [0.1, 0.15) is 5.75 Å². The number of piperidine rings is 1. The number of fused-ring (bicyclic) bond motifs is 1. The van der Waals surface area contributed by atoms with Gasteiger partial charge in [0.15, 0.2) is 0 Å². The second-order valence-corrected chi connectivity index (χ2v) is 7.00. The van der Waals surface area contributed by atoms with E-state index in [4.69, 9.17) is 4.74 Å². The monoisotopic (exact) mass is 351 g/mol. The number of hydrogen-bond donors (Lipinski definition) is 1. The molecule has 5 nitrogen and oxygen atoms in total. The van der Waals surface area contributed by atoms with Crippen LogP contribution in [0.15, 0.2) is 48.7 Å². The number of nitrogens with zero attached hydrogens (tertiary/aromatic N) is 2. The van der Waals surface area contributed by atoms with Crippen LogP contribution >= 0.6 is 0 Å². The van der Waals surface area contributed by atoms with Crippen molar-refractivity contribution in [3.8, 4) is 5.75 Å². The first-order chi connectivity index (χ1) is 12.8. The minimum atomic E-state index is -0.126. The van der Waals surface area contributed by atoms with Gasteiger partial charge in [-0.05, 0) is 50.6 Å². The second-order valence-electron chi connectivity index (χ2n) is 7.00. The molecule has 0 aliphatic carbocycles. The molecule has 136 valence electrons. The van der Waals surface area contributed by atoms with E-state index in [0.29, 0.717) is 13.2 Å². The number of rotatable bonds is 4. The first kappa shape index (κ1) is 17.0. The van der Waals surface area contributed by atoms with E-state index < -0.39 is 0 Å².